The van der Waals surface area contributed by atoms with E-state index in [1.165, 1.54) is 13.1 Å². The topological polar surface area (TPSA) is 3.24 Å². The van der Waals surface area contributed by atoms with Gasteiger partial charge in [-0.25, -0.2) is 0 Å². The van der Waals surface area contributed by atoms with Crippen molar-refractivity contribution in [3.05, 3.63) is 24.3 Å². The van der Waals surface area contributed by atoms with Crippen LogP contribution in [0.3, 0.4) is 0 Å². The zero-order chi connectivity index (χ0) is 7.90. The van der Waals surface area contributed by atoms with Crippen LogP contribution in [-0.4, -0.2) is 25.0 Å². The first-order valence-corrected chi connectivity index (χ1v) is 4.25. The molecule has 0 spiro atoms. The lowest BCUT2D eigenvalue weighted by Crippen LogP contribution is -2.24. The molecule has 60 valence electrons. The summed E-state index contributed by atoms with van der Waals surface area (Å²) >= 11 is 0. The van der Waals surface area contributed by atoms with Gasteiger partial charge in [0.2, 0.25) is 0 Å². The van der Waals surface area contributed by atoms with Gasteiger partial charge in [-0.2, -0.15) is 0 Å². The highest BCUT2D eigenvalue weighted by Crippen LogP contribution is 2.38. The molecule has 2 rings (SSSR count). The molecule has 1 fully saturated rings. The Morgan fingerprint density at radius 3 is 3.00 bits per heavy atom. The van der Waals surface area contributed by atoms with Crippen LogP contribution in [0.4, 0.5) is 0 Å². The monoisotopic (exact) mass is 149 g/mol. The first-order chi connectivity index (χ1) is 5.21. The van der Waals surface area contributed by atoms with Crippen LogP contribution in [0.15, 0.2) is 24.3 Å². The van der Waals surface area contributed by atoms with Crippen LogP contribution in [0, 0.1) is 11.3 Å². The van der Waals surface area contributed by atoms with Crippen LogP contribution < -0.4 is 0 Å². The van der Waals surface area contributed by atoms with Gasteiger partial charge in [-0.3, -0.25) is 0 Å². The summed E-state index contributed by atoms with van der Waals surface area (Å²) in [6, 6.07) is 0. The van der Waals surface area contributed by atoms with Crippen LogP contribution in [-0.2, 0) is 0 Å². The number of rotatable bonds is 0. The summed E-state index contributed by atoms with van der Waals surface area (Å²) in [5.74, 6) is 0.748. The SMILES string of the molecule is CN1CC2C=CC=CC2(C)C1. The van der Waals surface area contributed by atoms with Crippen molar-refractivity contribution in [2.24, 2.45) is 11.3 Å². The van der Waals surface area contributed by atoms with Crippen LogP contribution in [0.25, 0.3) is 0 Å². The van der Waals surface area contributed by atoms with Crippen molar-refractivity contribution < 1.29 is 0 Å². The molecule has 1 saturated heterocycles. The average molecular weight is 149 g/mol. The second kappa shape index (κ2) is 2.21. The molecule has 1 aliphatic carbocycles. The van der Waals surface area contributed by atoms with E-state index in [0.717, 1.165) is 5.92 Å². The second-order valence-electron chi connectivity index (χ2n) is 4.05. The van der Waals surface area contributed by atoms with Gasteiger partial charge < -0.3 is 4.90 Å². The number of nitrogens with zero attached hydrogens (tertiary/aromatic N) is 1. The van der Waals surface area contributed by atoms with E-state index in [1.807, 2.05) is 0 Å². The van der Waals surface area contributed by atoms with E-state index in [0.29, 0.717) is 5.41 Å². The van der Waals surface area contributed by atoms with Gasteiger partial charge in [-0.05, 0) is 13.0 Å². The van der Waals surface area contributed by atoms with Crippen LogP contribution >= 0.6 is 0 Å². The molecule has 0 bridgehead atoms. The fourth-order valence-electron chi connectivity index (χ4n) is 2.24. The molecule has 0 radical (unpaired) electrons. The normalized spacial score (nSPS) is 42.9. The second-order valence-corrected chi connectivity index (χ2v) is 4.05. The molecule has 0 aromatic heterocycles. The maximum Gasteiger partial charge on any atom is 0.00735 e. The smallest absolute Gasteiger partial charge is 0.00735 e. The predicted octanol–water partition coefficient (Wildman–Crippen LogP) is 1.68. The lowest BCUT2D eigenvalue weighted by Gasteiger charge is -2.26. The Morgan fingerprint density at radius 1 is 1.45 bits per heavy atom. The van der Waals surface area contributed by atoms with Gasteiger partial charge >= 0.3 is 0 Å². The van der Waals surface area contributed by atoms with Gasteiger partial charge in [0, 0.05) is 18.5 Å². The zero-order valence-corrected chi connectivity index (χ0v) is 7.25. The molecule has 1 aliphatic heterocycles. The van der Waals surface area contributed by atoms with E-state index in [4.69, 9.17) is 0 Å². The first kappa shape index (κ1) is 7.11. The third-order valence-electron chi connectivity index (χ3n) is 2.90. The van der Waals surface area contributed by atoms with E-state index in [9.17, 15) is 0 Å². The first-order valence-electron chi connectivity index (χ1n) is 4.25. The Labute approximate surface area is 68.4 Å². The molecule has 2 unspecified atom stereocenters. The highest BCUT2D eigenvalue weighted by atomic mass is 15.1. The highest BCUT2D eigenvalue weighted by Gasteiger charge is 2.38. The minimum atomic E-state index is 0.420. The van der Waals surface area contributed by atoms with Crippen molar-refractivity contribution in [1.82, 2.24) is 4.90 Å². The number of allylic oxidation sites excluding steroid dienone is 2. The Hall–Kier alpha value is -0.560. The molecule has 11 heavy (non-hydrogen) atoms. The summed E-state index contributed by atoms with van der Waals surface area (Å²) in [7, 11) is 2.20. The molecule has 0 aromatic rings. The van der Waals surface area contributed by atoms with E-state index < -0.39 is 0 Å². The van der Waals surface area contributed by atoms with Gasteiger partial charge in [0.15, 0.2) is 0 Å². The van der Waals surface area contributed by atoms with Gasteiger partial charge in [0.05, 0.1) is 0 Å². The number of likely N-dealkylation sites (tertiary alicyclic amines) is 1. The van der Waals surface area contributed by atoms with Gasteiger partial charge in [-0.1, -0.05) is 31.2 Å². The molecule has 1 heteroatoms. The van der Waals surface area contributed by atoms with E-state index >= 15 is 0 Å². The summed E-state index contributed by atoms with van der Waals surface area (Å²) in [4.78, 5) is 2.41. The standard InChI is InChI=1S/C10H15N/c1-10-6-4-3-5-9(10)7-11(2)8-10/h3-6,9H,7-8H2,1-2H3. The summed E-state index contributed by atoms with van der Waals surface area (Å²) < 4.78 is 0. The summed E-state index contributed by atoms with van der Waals surface area (Å²) in [5, 5.41) is 0. The molecule has 2 atom stereocenters. The minimum Gasteiger partial charge on any atom is -0.305 e. The fourth-order valence-corrected chi connectivity index (χ4v) is 2.24. The van der Waals surface area contributed by atoms with Crippen molar-refractivity contribution >= 4 is 0 Å². The largest absolute Gasteiger partial charge is 0.305 e. The van der Waals surface area contributed by atoms with Crippen molar-refractivity contribution in [2.75, 3.05) is 20.1 Å². The van der Waals surface area contributed by atoms with Gasteiger partial charge in [-0.15, -0.1) is 0 Å². The van der Waals surface area contributed by atoms with Gasteiger partial charge in [0.25, 0.3) is 0 Å². The molecule has 0 saturated carbocycles. The quantitative estimate of drug-likeness (QED) is 0.506. The fraction of sp³-hybridized carbons (Fsp3) is 0.600. The molecule has 0 aromatic carbocycles. The number of hydrogen-bond acceptors (Lipinski definition) is 1. The van der Waals surface area contributed by atoms with Crippen LogP contribution in [0.1, 0.15) is 6.92 Å². The summed E-state index contributed by atoms with van der Waals surface area (Å²) in [6.07, 6.45) is 9.03. The molecule has 0 amide bonds. The lowest BCUT2D eigenvalue weighted by atomic mass is 9.77. The Bertz CT molecular complexity index is 217. The molecular weight excluding hydrogens is 134 g/mol. The van der Waals surface area contributed by atoms with Crippen molar-refractivity contribution in [2.45, 2.75) is 6.92 Å². The summed E-state index contributed by atoms with van der Waals surface area (Å²) in [5.41, 5.74) is 0.420. The Balaban J connectivity index is 2.27. The third-order valence-corrected chi connectivity index (χ3v) is 2.90. The molecule has 1 heterocycles. The van der Waals surface area contributed by atoms with Crippen LogP contribution in [0.5, 0.6) is 0 Å². The van der Waals surface area contributed by atoms with E-state index in [2.05, 4.69) is 43.2 Å². The molecule has 1 nitrogen and oxygen atoms in total. The zero-order valence-electron chi connectivity index (χ0n) is 7.25. The molecular formula is C10H15N. The average Bonchev–Trinajstić information content (AvgIpc) is 2.22. The predicted molar refractivity (Wildman–Crippen MR) is 47.4 cm³/mol. The molecule has 0 N–H and O–H groups in total. The maximum atomic E-state index is 2.41. The molecule has 2 aliphatic rings. The Kier molecular flexibility index (Phi) is 1.43. The number of hydrogen-bond donors (Lipinski definition) is 0. The number of fused-ring (bicyclic) bond motifs is 1. The lowest BCUT2D eigenvalue weighted by molar-refractivity contribution is 0.355. The van der Waals surface area contributed by atoms with Crippen molar-refractivity contribution in [1.29, 1.82) is 0 Å². The summed E-state index contributed by atoms with van der Waals surface area (Å²) in [6.45, 7) is 4.77. The van der Waals surface area contributed by atoms with E-state index in [-0.39, 0.29) is 0 Å². The van der Waals surface area contributed by atoms with Crippen LogP contribution in [0.2, 0.25) is 0 Å². The maximum absolute atomic E-state index is 2.41. The van der Waals surface area contributed by atoms with Gasteiger partial charge in [0.1, 0.15) is 0 Å². The van der Waals surface area contributed by atoms with E-state index in [1.54, 1.807) is 0 Å². The third kappa shape index (κ3) is 1.04. The van der Waals surface area contributed by atoms with Crippen molar-refractivity contribution in [3.8, 4) is 0 Å². The minimum absolute atomic E-state index is 0.420. The highest BCUT2D eigenvalue weighted by molar-refractivity contribution is 5.22. The Morgan fingerprint density at radius 2 is 2.27 bits per heavy atom. The van der Waals surface area contributed by atoms with Crippen molar-refractivity contribution in [3.63, 3.8) is 0 Å².